The maximum Gasteiger partial charge on any atom is 0.0701 e. The molecule has 2 fully saturated rings. The molecule has 0 aromatic carbocycles. The molecule has 18 heavy (non-hydrogen) atoms. The molecule has 2 N–H and O–H groups in total. The molecule has 0 radical (unpaired) electrons. The number of hydrogen-bond donors (Lipinski definition) is 2. The highest BCUT2D eigenvalue weighted by Gasteiger charge is 2.35. The van der Waals surface area contributed by atoms with Gasteiger partial charge in [-0.1, -0.05) is 12.8 Å². The smallest absolute Gasteiger partial charge is 0.0701 e. The van der Waals surface area contributed by atoms with E-state index in [1.54, 1.807) is 0 Å². The zero-order chi connectivity index (χ0) is 12.8. The first-order valence-corrected chi connectivity index (χ1v) is 7.34. The molecule has 4 heteroatoms. The first kappa shape index (κ1) is 14.3. The molecule has 0 atom stereocenters. The largest absolute Gasteiger partial charge is 0.396 e. The Hall–Kier alpha value is -0.160. The fourth-order valence-electron chi connectivity index (χ4n) is 3.42. The molecule has 1 aliphatic carbocycles. The van der Waals surface area contributed by atoms with E-state index in [1.807, 2.05) is 0 Å². The van der Waals surface area contributed by atoms with Crippen LogP contribution in [0, 0.1) is 5.41 Å². The van der Waals surface area contributed by atoms with Crippen molar-refractivity contribution in [2.45, 2.75) is 44.6 Å². The highest BCUT2D eigenvalue weighted by molar-refractivity contribution is 4.88. The summed E-state index contributed by atoms with van der Waals surface area (Å²) < 4.78 is 5.58. The highest BCUT2D eigenvalue weighted by atomic mass is 16.5. The van der Waals surface area contributed by atoms with E-state index < -0.39 is 0 Å². The van der Waals surface area contributed by atoms with Crippen LogP contribution in [-0.4, -0.2) is 60.7 Å². The zero-order valence-corrected chi connectivity index (χ0v) is 11.3. The van der Waals surface area contributed by atoms with Crippen molar-refractivity contribution in [3.8, 4) is 0 Å². The monoisotopic (exact) mass is 257 g/mol. The van der Waals surface area contributed by atoms with Crippen LogP contribution in [0.5, 0.6) is 0 Å². The van der Waals surface area contributed by atoms with E-state index in [0.717, 1.165) is 32.5 Å². The van der Waals surface area contributed by atoms with Gasteiger partial charge in [-0.05, 0) is 25.7 Å². The van der Waals surface area contributed by atoms with Crippen LogP contribution in [0.2, 0.25) is 0 Å². The minimum Gasteiger partial charge on any atom is -0.396 e. The Morgan fingerprint density at radius 3 is 2.33 bits per heavy atom. The zero-order valence-electron chi connectivity index (χ0n) is 11.3. The predicted molar refractivity (Wildman–Crippen MR) is 70.5 cm³/mol. The molecule has 0 amide bonds. The van der Waals surface area contributed by atoms with Crippen molar-refractivity contribution in [3.63, 3.8) is 0 Å². The molecule has 0 spiro atoms. The molecule has 0 aromatic rings. The molecule has 1 saturated heterocycles. The lowest BCUT2D eigenvalue weighted by molar-refractivity contribution is -0.0190. The van der Waals surface area contributed by atoms with Crippen LogP contribution in [0.15, 0.2) is 0 Å². The molecular weight excluding hydrogens is 230 g/mol. The second kappa shape index (κ2) is 6.85. The van der Waals surface area contributed by atoms with E-state index in [0.29, 0.717) is 19.3 Å². The van der Waals surface area contributed by atoms with Gasteiger partial charge in [0.2, 0.25) is 0 Å². The second-order valence-corrected chi connectivity index (χ2v) is 5.94. The van der Waals surface area contributed by atoms with Crippen molar-refractivity contribution in [2.75, 3.05) is 39.5 Å². The molecule has 0 aromatic heterocycles. The number of likely N-dealkylation sites (tertiary alicyclic amines) is 1. The normalized spacial score (nSPS) is 25.7. The fraction of sp³-hybridized carbons (Fsp3) is 1.00. The number of piperidine rings is 1. The van der Waals surface area contributed by atoms with Crippen LogP contribution in [0.1, 0.15) is 38.5 Å². The van der Waals surface area contributed by atoms with Crippen LogP contribution in [-0.2, 0) is 4.74 Å². The van der Waals surface area contributed by atoms with Crippen molar-refractivity contribution in [1.29, 1.82) is 0 Å². The van der Waals surface area contributed by atoms with Gasteiger partial charge in [-0.3, -0.25) is 0 Å². The second-order valence-electron chi connectivity index (χ2n) is 5.94. The number of aliphatic hydroxyl groups is 2. The lowest BCUT2D eigenvalue weighted by Gasteiger charge is -2.38. The predicted octanol–water partition coefficient (Wildman–Crippen LogP) is 1.01. The molecule has 0 unspecified atom stereocenters. The molecule has 0 bridgehead atoms. The third-order valence-corrected chi connectivity index (χ3v) is 4.54. The van der Waals surface area contributed by atoms with Crippen LogP contribution < -0.4 is 0 Å². The van der Waals surface area contributed by atoms with Gasteiger partial charge in [-0.15, -0.1) is 0 Å². The molecule has 1 heterocycles. The minimum absolute atomic E-state index is 0.119. The summed E-state index contributed by atoms with van der Waals surface area (Å²) in [7, 11) is 0. The quantitative estimate of drug-likeness (QED) is 0.746. The van der Waals surface area contributed by atoms with Crippen molar-refractivity contribution in [3.05, 3.63) is 0 Å². The van der Waals surface area contributed by atoms with E-state index in [9.17, 15) is 5.11 Å². The SMILES string of the molecule is OCCOC1CCN(CC2(CO)CCCC2)CC1. The lowest BCUT2D eigenvalue weighted by Crippen LogP contribution is -2.44. The van der Waals surface area contributed by atoms with E-state index in [1.165, 1.54) is 25.7 Å². The van der Waals surface area contributed by atoms with E-state index in [-0.39, 0.29) is 12.0 Å². The Bertz CT molecular complexity index is 233. The molecule has 2 rings (SSSR count). The maximum absolute atomic E-state index is 9.64. The van der Waals surface area contributed by atoms with Gasteiger partial charge in [0.15, 0.2) is 0 Å². The summed E-state index contributed by atoms with van der Waals surface area (Å²) in [4.78, 5) is 2.49. The molecule has 106 valence electrons. The van der Waals surface area contributed by atoms with Gasteiger partial charge in [0.05, 0.1) is 19.3 Å². The third-order valence-electron chi connectivity index (χ3n) is 4.54. The number of nitrogens with zero attached hydrogens (tertiary/aromatic N) is 1. The summed E-state index contributed by atoms with van der Waals surface area (Å²) >= 11 is 0. The van der Waals surface area contributed by atoms with Crippen molar-refractivity contribution >= 4 is 0 Å². The third kappa shape index (κ3) is 3.67. The summed E-state index contributed by atoms with van der Waals surface area (Å²) in [5.74, 6) is 0. The number of ether oxygens (including phenoxy) is 1. The molecule has 2 aliphatic rings. The lowest BCUT2D eigenvalue weighted by atomic mass is 9.86. The standard InChI is InChI=1S/C14H27NO3/c16-9-10-18-13-3-7-15(8-4-13)11-14(12-17)5-1-2-6-14/h13,16-17H,1-12H2. The van der Waals surface area contributed by atoms with Gasteiger partial charge < -0.3 is 19.8 Å². The molecule has 1 aliphatic heterocycles. The van der Waals surface area contributed by atoms with E-state index >= 15 is 0 Å². The van der Waals surface area contributed by atoms with Gasteiger partial charge in [-0.2, -0.15) is 0 Å². The van der Waals surface area contributed by atoms with Crippen LogP contribution in [0.3, 0.4) is 0 Å². The maximum atomic E-state index is 9.64. The first-order valence-electron chi connectivity index (χ1n) is 7.34. The summed E-state index contributed by atoms with van der Waals surface area (Å²) in [6, 6.07) is 0. The Labute approximate surface area is 110 Å². The first-order chi connectivity index (χ1) is 8.78. The molecule has 1 saturated carbocycles. The van der Waals surface area contributed by atoms with E-state index in [4.69, 9.17) is 9.84 Å². The van der Waals surface area contributed by atoms with Crippen LogP contribution in [0.25, 0.3) is 0 Å². The summed E-state index contributed by atoms with van der Waals surface area (Å²) in [5.41, 5.74) is 0.179. The molecule has 4 nitrogen and oxygen atoms in total. The molecular formula is C14H27NO3. The van der Waals surface area contributed by atoms with Gasteiger partial charge in [0, 0.05) is 31.7 Å². The van der Waals surface area contributed by atoms with Crippen molar-refractivity contribution < 1.29 is 14.9 Å². The van der Waals surface area contributed by atoms with Gasteiger partial charge in [-0.25, -0.2) is 0 Å². The van der Waals surface area contributed by atoms with Gasteiger partial charge in [0.25, 0.3) is 0 Å². The van der Waals surface area contributed by atoms with Crippen molar-refractivity contribution in [1.82, 2.24) is 4.90 Å². The minimum atomic E-state index is 0.119. The van der Waals surface area contributed by atoms with Crippen LogP contribution >= 0.6 is 0 Å². The fourth-order valence-corrected chi connectivity index (χ4v) is 3.42. The Morgan fingerprint density at radius 1 is 1.11 bits per heavy atom. The Morgan fingerprint density at radius 2 is 1.78 bits per heavy atom. The average molecular weight is 257 g/mol. The Balaban J connectivity index is 1.72. The highest BCUT2D eigenvalue weighted by Crippen LogP contribution is 2.38. The van der Waals surface area contributed by atoms with Gasteiger partial charge >= 0.3 is 0 Å². The van der Waals surface area contributed by atoms with E-state index in [2.05, 4.69) is 4.90 Å². The summed E-state index contributed by atoms with van der Waals surface area (Å²) in [6.07, 6.45) is 7.35. The van der Waals surface area contributed by atoms with Crippen molar-refractivity contribution in [2.24, 2.45) is 5.41 Å². The van der Waals surface area contributed by atoms with Gasteiger partial charge in [0.1, 0.15) is 0 Å². The summed E-state index contributed by atoms with van der Waals surface area (Å²) in [5, 5.41) is 18.4. The number of hydrogen-bond acceptors (Lipinski definition) is 4. The number of rotatable bonds is 6. The topological polar surface area (TPSA) is 52.9 Å². The number of aliphatic hydroxyl groups excluding tert-OH is 2. The van der Waals surface area contributed by atoms with Crippen LogP contribution in [0.4, 0.5) is 0 Å². The Kier molecular flexibility index (Phi) is 5.42. The summed E-state index contributed by atoms with van der Waals surface area (Å²) in [6.45, 7) is 4.11. The average Bonchev–Trinajstić information content (AvgIpc) is 2.87.